The number of allylic oxidation sites excluding steroid dienone is 2. The Labute approximate surface area is 249 Å². The van der Waals surface area contributed by atoms with E-state index in [4.69, 9.17) is 38.3 Å². The number of carbonyl (C=O) groups is 2. The molecular formula is C32H34ClN5O4. The van der Waals surface area contributed by atoms with Gasteiger partial charge >= 0.3 is 0 Å². The molecule has 0 bridgehead atoms. The number of Topliss-reactive ketones (excluding diaryl/α,β-unsaturated/α-hetero) is 1. The predicted molar refractivity (Wildman–Crippen MR) is 166 cm³/mol. The van der Waals surface area contributed by atoms with Crippen molar-refractivity contribution in [3.05, 3.63) is 95.1 Å². The third kappa shape index (κ3) is 6.37. The number of ketones is 1. The number of nitrogens with two attached hydrogens (primary N) is 3. The largest absolute Gasteiger partial charge is 0.485 e. The maximum atomic E-state index is 13.6. The first-order valence-corrected chi connectivity index (χ1v) is 14.2. The number of fused-ring (bicyclic) bond motifs is 2. The summed E-state index contributed by atoms with van der Waals surface area (Å²) in [7, 11) is 2.15. The molecular weight excluding hydrogens is 554 g/mol. The minimum absolute atomic E-state index is 0.178. The minimum Gasteiger partial charge on any atom is -0.485 e. The maximum absolute atomic E-state index is 13.6. The SMILES string of the molecule is CN1CCCC1CCn1cc(C(=O)COc2cc3ccc(Cl)cc3cc2C(N)=O)c2ccc(O/C(N)=C/C=C\N)cc21. The number of aryl methyl sites for hydroxylation is 1. The van der Waals surface area contributed by atoms with Crippen molar-refractivity contribution in [3.8, 4) is 11.5 Å². The van der Waals surface area contributed by atoms with Crippen LogP contribution in [0, 0.1) is 0 Å². The smallest absolute Gasteiger partial charge is 0.252 e. The summed E-state index contributed by atoms with van der Waals surface area (Å²) in [6.07, 6.45) is 9.66. The lowest BCUT2D eigenvalue weighted by Gasteiger charge is -2.19. The summed E-state index contributed by atoms with van der Waals surface area (Å²) < 4.78 is 13.8. The fourth-order valence-electron chi connectivity index (χ4n) is 5.48. The molecule has 2 heterocycles. The molecule has 1 atom stereocenters. The van der Waals surface area contributed by atoms with Crippen molar-refractivity contribution in [1.82, 2.24) is 9.47 Å². The van der Waals surface area contributed by atoms with Crippen LogP contribution in [0.1, 0.15) is 40.0 Å². The minimum atomic E-state index is -0.657. The standard InChI is InChI=1S/C32H34ClN5O4/c1-37-12-3-4-23(37)10-13-38-18-27(25-9-8-24(17-28(25)38)42-31(35)5-2-11-34)29(39)19-41-30-16-20-6-7-22(33)14-21(20)15-26(30)32(36)40/h2,5-9,11,14-18,23H,3-4,10,12-13,19,34-35H2,1H3,(H2,36,40)/b11-2-,31-5+. The zero-order valence-corrected chi connectivity index (χ0v) is 24.1. The number of amides is 1. The lowest BCUT2D eigenvalue weighted by atomic mass is 10.1. The van der Waals surface area contributed by atoms with Crippen LogP contribution >= 0.6 is 11.6 Å². The molecule has 1 aromatic heterocycles. The molecule has 218 valence electrons. The van der Waals surface area contributed by atoms with E-state index >= 15 is 0 Å². The predicted octanol–water partition coefficient (Wildman–Crippen LogP) is 4.94. The Bertz CT molecular complexity index is 1710. The molecule has 1 aliphatic rings. The highest BCUT2D eigenvalue weighted by atomic mass is 35.5. The molecule has 1 aliphatic heterocycles. The van der Waals surface area contributed by atoms with Gasteiger partial charge in [-0.3, -0.25) is 9.59 Å². The Morgan fingerprint density at radius 1 is 1.07 bits per heavy atom. The van der Waals surface area contributed by atoms with E-state index in [-0.39, 0.29) is 29.6 Å². The van der Waals surface area contributed by atoms with Gasteiger partial charge in [0.25, 0.3) is 5.91 Å². The highest BCUT2D eigenvalue weighted by Crippen LogP contribution is 2.31. The Kier molecular flexibility index (Phi) is 8.70. The van der Waals surface area contributed by atoms with E-state index in [1.54, 1.807) is 42.5 Å². The van der Waals surface area contributed by atoms with Gasteiger partial charge in [0.2, 0.25) is 5.78 Å². The van der Waals surface area contributed by atoms with Gasteiger partial charge in [-0.25, -0.2) is 0 Å². The summed E-state index contributed by atoms with van der Waals surface area (Å²) in [6, 6.07) is 14.6. The topological polar surface area (TPSA) is 139 Å². The number of hydrogen-bond acceptors (Lipinski definition) is 7. The quantitative estimate of drug-likeness (QED) is 0.128. The molecule has 6 N–H and O–H groups in total. The van der Waals surface area contributed by atoms with Crippen LogP contribution in [0.4, 0.5) is 0 Å². The highest BCUT2D eigenvalue weighted by Gasteiger charge is 2.23. The van der Waals surface area contributed by atoms with Crippen LogP contribution in [-0.4, -0.2) is 47.4 Å². The van der Waals surface area contributed by atoms with Crippen LogP contribution in [0.3, 0.4) is 0 Å². The number of halogens is 1. The first-order chi connectivity index (χ1) is 20.2. The van der Waals surface area contributed by atoms with Crippen LogP contribution in [0.25, 0.3) is 21.7 Å². The number of carbonyl (C=O) groups excluding carboxylic acids is 2. The van der Waals surface area contributed by atoms with Crippen molar-refractivity contribution in [3.63, 3.8) is 0 Å². The van der Waals surface area contributed by atoms with Crippen LogP contribution in [0.2, 0.25) is 5.02 Å². The van der Waals surface area contributed by atoms with Crippen molar-refractivity contribution < 1.29 is 19.1 Å². The number of aromatic nitrogens is 1. The number of benzene rings is 3. The van der Waals surface area contributed by atoms with Gasteiger partial charge in [0.05, 0.1) is 11.1 Å². The number of rotatable bonds is 11. The molecule has 0 radical (unpaired) electrons. The second kappa shape index (κ2) is 12.6. The van der Waals surface area contributed by atoms with E-state index in [0.29, 0.717) is 22.4 Å². The van der Waals surface area contributed by atoms with E-state index in [0.717, 1.165) is 47.6 Å². The molecule has 1 saturated heterocycles. The number of likely N-dealkylation sites (tertiary alicyclic amines) is 1. The molecule has 0 aliphatic carbocycles. The van der Waals surface area contributed by atoms with Crippen LogP contribution < -0.4 is 26.7 Å². The van der Waals surface area contributed by atoms with Crippen molar-refractivity contribution in [1.29, 1.82) is 0 Å². The monoisotopic (exact) mass is 587 g/mol. The second-order valence-electron chi connectivity index (χ2n) is 10.5. The van der Waals surface area contributed by atoms with Crippen molar-refractivity contribution in [2.24, 2.45) is 17.2 Å². The Hall–Kier alpha value is -4.47. The van der Waals surface area contributed by atoms with Crippen molar-refractivity contribution in [2.75, 3.05) is 20.2 Å². The van der Waals surface area contributed by atoms with E-state index < -0.39 is 5.91 Å². The lowest BCUT2D eigenvalue weighted by Crippen LogP contribution is -2.25. The van der Waals surface area contributed by atoms with Crippen LogP contribution in [0.5, 0.6) is 11.5 Å². The first-order valence-electron chi connectivity index (χ1n) is 13.8. The van der Waals surface area contributed by atoms with Crippen molar-refractivity contribution >= 4 is 45.0 Å². The average Bonchev–Trinajstić information content (AvgIpc) is 3.55. The number of nitrogens with zero attached hydrogens (tertiary/aromatic N) is 2. The van der Waals surface area contributed by atoms with E-state index in [9.17, 15) is 9.59 Å². The lowest BCUT2D eigenvalue weighted by molar-refractivity contribution is 0.0913. The van der Waals surface area contributed by atoms with Gasteiger partial charge in [-0.05, 0) is 98.4 Å². The summed E-state index contributed by atoms with van der Waals surface area (Å²) in [6.45, 7) is 1.54. The first kappa shape index (κ1) is 29.0. The van der Waals surface area contributed by atoms with Gasteiger partial charge < -0.3 is 36.1 Å². The average molecular weight is 588 g/mol. The fraction of sp³-hybridized carbons (Fsp3) is 0.250. The summed E-state index contributed by atoms with van der Waals surface area (Å²) in [4.78, 5) is 28.1. The zero-order valence-electron chi connectivity index (χ0n) is 23.4. The van der Waals surface area contributed by atoms with Gasteiger partial charge in [-0.1, -0.05) is 17.7 Å². The molecule has 5 rings (SSSR count). The molecule has 0 saturated carbocycles. The Morgan fingerprint density at radius 3 is 2.64 bits per heavy atom. The molecule has 1 unspecified atom stereocenters. The Morgan fingerprint density at radius 2 is 1.90 bits per heavy atom. The van der Waals surface area contributed by atoms with Crippen LogP contribution in [0.15, 0.2) is 79.0 Å². The van der Waals surface area contributed by atoms with E-state index in [1.165, 1.54) is 12.6 Å². The molecule has 1 fully saturated rings. The summed E-state index contributed by atoms with van der Waals surface area (Å²) >= 11 is 6.11. The Balaban J connectivity index is 1.43. The third-order valence-corrected chi connectivity index (χ3v) is 7.90. The van der Waals surface area contributed by atoms with Gasteiger partial charge in [0, 0.05) is 40.8 Å². The van der Waals surface area contributed by atoms with E-state index in [1.807, 2.05) is 24.4 Å². The van der Waals surface area contributed by atoms with E-state index in [2.05, 4.69) is 16.5 Å². The molecule has 42 heavy (non-hydrogen) atoms. The second-order valence-corrected chi connectivity index (χ2v) is 10.9. The number of hydrogen-bond donors (Lipinski definition) is 3. The van der Waals surface area contributed by atoms with Crippen molar-refractivity contribution in [2.45, 2.75) is 31.8 Å². The molecule has 4 aromatic rings. The fourth-order valence-corrected chi connectivity index (χ4v) is 5.66. The summed E-state index contributed by atoms with van der Waals surface area (Å²) in [5.41, 5.74) is 18.5. The molecule has 3 aromatic carbocycles. The van der Waals surface area contributed by atoms with Gasteiger partial charge in [-0.2, -0.15) is 0 Å². The summed E-state index contributed by atoms with van der Waals surface area (Å²) in [5.74, 6) is 0.0780. The molecule has 1 amide bonds. The maximum Gasteiger partial charge on any atom is 0.252 e. The number of primary amides is 1. The molecule has 10 heteroatoms. The van der Waals surface area contributed by atoms with Gasteiger partial charge in [0.15, 0.2) is 12.5 Å². The molecule has 0 spiro atoms. The zero-order chi connectivity index (χ0) is 29.8. The van der Waals surface area contributed by atoms with Gasteiger partial charge in [0.1, 0.15) is 11.5 Å². The highest BCUT2D eigenvalue weighted by molar-refractivity contribution is 6.31. The summed E-state index contributed by atoms with van der Waals surface area (Å²) in [5, 5.41) is 2.86. The number of ether oxygens (including phenoxy) is 2. The molecule has 9 nitrogen and oxygen atoms in total. The van der Waals surface area contributed by atoms with Gasteiger partial charge in [-0.15, -0.1) is 0 Å². The normalized spacial score (nSPS) is 16.0. The third-order valence-electron chi connectivity index (χ3n) is 7.66. The van der Waals surface area contributed by atoms with Crippen LogP contribution in [-0.2, 0) is 6.54 Å².